The van der Waals surface area contributed by atoms with Crippen molar-refractivity contribution >= 4 is 55.0 Å². The molecule has 3 aromatic heterocycles. The number of anilines is 1. The summed E-state index contributed by atoms with van der Waals surface area (Å²) in [5.74, 6) is 0.750. The number of fused-ring (bicyclic) bond motifs is 3. The molecule has 44 heavy (non-hydrogen) atoms. The molecular weight excluding hydrogens is 614 g/mol. The topological polar surface area (TPSA) is 153 Å². The van der Waals surface area contributed by atoms with Crippen LogP contribution in [-0.2, 0) is 14.8 Å². The predicted molar refractivity (Wildman–Crippen MR) is 157 cm³/mol. The molecular formula is C27H28F2N10O3S2. The SMILES string of the molecule is CN1CCC(C(=O)N2CCN(c3ncnc4c3c3ccc(S(=O)(=O)NC5(C#N)CC5)cc3n4-c3nnc(C(F)F)s3)CC2)C1. The van der Waals surface area contributed by atoms with Crippen LogP contribution in [0.4, 0.5) is 14.6 Å². The number of hydrogen-bond donors (Lipinski definition) is 1. The standard InChI is InChI=1S/C27H28F2N10O3S2/c1-36-7-4-16(13-36)25(40)38-10-8-37(9-11-38)22-20-18-3-2-17(44(41,42)35-27(14-30)5-6-27)12-19(18)39(23(20)32-15-31-22)26-34-33-24(43-26)21(28)29/h2-3,12,15-16,21,35H,4-11,13H2,1H3. The van der Waals surface area contributed by atoms with Gasteiger partial charge in [-0.05, 0) is 45.0 Å². The third kappa shape index (κ3) is 4.95. The lowest BCUT2D eigenvalue weighted by Crippen LogP contribution is -2.51. The van der Waals surface area contributed by atoms with Crippen LogP contribution in [0.3, 0.4) is 0 Å². The number of rotatable bonds is 7. The first-order valence-corrected chi connectivity index (χ1v) is 16.5. The molecule has 3 aliphatic rings. The van der Waals surface area contributed by atoms with Crippen LogP contribution in [-0.4, -0.2) is 101 Å². The van der Waals surface area contributed by atoms with Crippen molar-refractivity contribution in [1.82, 2.24) is 39.3 Å². The summed E-state index contributed by atoms with van der Waals surface area (Å²) >= 11 is 0.683. The lowest BCUT2D eigenvalue weighted by Gasteiger charge is -2.36. The zero-order valence-corrected chi connectivity index (χ0v) is 25.3. The Bertz CT molecular complexity index is 1930. The van der Waals surface area contributed by atoms with Gasteiger partial charge in [-0.2, -0.15) is 9.98 Å². The molecule has 1 N–H and O–H groups in total. The largest absolute Gasteiger partial charge is 0.352 e. The van der Waals surface area contributed by atoms with Gasteiger partial charge in [-0.3, -0.25) is 9.36 Å². The molecule has 1 atom stereocenters. The third-order valence-corrected chi connectivity index (χ3v) is 11.0. The smallest absolute Gasteiger partial charge is 0.291 e. The molecule has 1 amide bonds. The van der Waals surface area contributed by atoms with Crippen LogP contribution in [0.1, 0.15) is 30.7 Å². The van der Waals surface area contributed by atoms with E-state index in [0.29, 0.717) is 78.1 Å². The van der Waals surface area contributed by atoms with Crippen molar-refractivity contribution in [2.24, 2.45) is 5.92 Å². The number of hydrogen-bond acceptors (Lipinski definition) is 11. The molecule has 2 saturated heterocycles. The number of piperazine rings is 1. The summed E-state index contributed by atoms with van der Waals surface area (Å²) in [6.45, 7) is 3.75. The first kappa shape index (κ1) is 28.9. The van der Waals surface area contributed by atoms with Crippen LogP contribution in [0.2, 0.25) is 0 Å². The number of nitrogens with one attached hydrogen (secondary N) is 1. The number of alkyl halides is 2. The molecule has 3 fully saturated rings. The molecule has 0 radical (unpaired) electrons. The van der Waals surface area contributed by atoms with E-state index in [4.69, 9.17) is 0 Å². The second-order valence-electron chi connectivity index (χ2n) is 11.5. The van der Waals surface area contributed by atoms with Gasteiger partial charge in [0.15, 0.2) is 10.7 Å². The number of nitrogens with zero attached hydrogens (tertiary/aromatic N) is 9. The van der Waals surface area contributed by atoms with Crippen LogP contribution in [0.15, 0.2) is 29.4 Å². The average Bonchev–Trinajstić information content (AvgIpc) is 3.33. The van der Waals surface area contributed by atoms with Crippen LogP contribution in [0, 0.1) is 17.2 Å². The van der Waals surface area contributed by atoms with Gasteiger partial charge >= 0.3 is 0 Å². The molecule has 2 aliphatic heterocycles. The van der Waals surface area contributed by atoms with Crippen LogP contribution in [0.25, 0.3) is 27.1 Å². The van der Waals surface area contributed by atoms with E-state index in [1.54, 1.807) is 6.07 Å². The Morgan fingerprint density at radius 2 is 1.93 bits per heavy atom. The average molecular weight is 643 g/mol. The minimum atomic E-state index is -4.08. The summed E-state index contributed by atoms with van der Waals surface area (Å²) in [5.41, 5.74) is -0.405. The van der Waals surface area contributed by atoms with E-state index in [1.807, 2.05) is 18.0 Å². The maximum Gasteiger partial charge on any atom is 0.291 e. The second-order valence-corrected chi connectivity index (χ2v) is 14.2. The van der Waals surface area contributed by atoms with Gasteiger partial charge in [0.05, 0.1) is 27.8 Å². The number of carbonyl (C=O) groups is 1. The van der Waals surface area contributed by atoms with Crippen molar-refractivity contribution in [3.8, 4) is 11.2 Å². The highest BCUT2D eigenvalue weighted by Crippen LogP contribution is 2.40. The van der Waals surface area contributed by atoms with Crippen molar-refractivity contribution < 1.29 is 22.0 Å². The number of aromatic nitrogens is 5. The van der Waals surface area contributed by atoms with Gasteiger partial charge in [0.2, 0.25) is 21.1 Å². The summed E-state index contributed by atoms with van der Waals surface area (Å²) in [4.78, 5) is 28.2. The van der Waals surface area contributed by atoms with E-state index in [2.05, 4.69) is 34.7 Å². The third-order valence-electron chi connectivity index (χ3n) is 8.54. The summed E-state index contributed by atoms with van der Waals surface area (Å²) < 4.78 is 57.6. The minimum absolute atomic E-state index is 0.00300. The second kappa shape index (κ2) is 10.6. The van der Waals surface area contributed by atoms with Crippen LogP contribution >= 0.6 is 11.3 Å². The molecule has 5 heterocycles. The van der Waals surface area contributed by atoms with Crippen molar-refractivity contribution in [2.75, 3.05) is 51.2 Å². The fourth-order valence-corrected chi connectivity index (χ4v) is 8.13. The van der Waals surface area contributed by atoms with Crippen LogP contribution in [0.5, 0.6) is 0 Å². The number of nitriles is 1. The van der Waals surface area contributed by atoms with Gasteiger partial charge in [0.25, 0.3) is 6.43 Å². The van der Waals surface area contributed by atoms with E-state index in [-0.39, 0.29) is 21.9 Å². The van der Waals surface area contributed by atoms with Crippen LogP contribution < -0.4 is 9.62 Å². The van der Waals surface area contributed by atoms with Crippen molar-refractivity contribution in [3.05, 3.63) is 29.5 Å². The maximum absolute atomic E-state index is 13.5. The Hall–Kier alpha value is -3.85. The van der Waals surface area contributed by atoms with E-state index in [9.17, 15) is 27.3 Å². The van der Waals surface area contributed by atoms with Crippen molar-refractivity contribution in [1.29, 1.82) is 5.26 Å². The normalized spacial score (nSPS) is 20.6. The molecule has 13 nitrogen and oxygen atoms in total. The molecule has 0 spiro atoms. The first-order chi connectivity index (χ1) is 21.1. The van der Waals surface area contributed by atoms with Crippen molar-refractivity contribution in [2.45, 2.75) is 36.1 Å². The van der Waals surface area contributed by atoms with Gasteiger partial charge in [0.1, 0.15) is 17.7 Å². The molecule has 7 rings (SSSR count). The van der Waals surface area contributed by atoms with E-state index < -0.39 is 27.0 Å². The predicted octanol–water partition coefficient (Wildman–Crippen LogP) is 2.30. The first-order valence-electron chi connectivity index (χ1n) is 14.2. The molecule has 1 saturated carbocycles. The zero-order valence-electron chi connectivity index (χ0n) is 23.7. The van der Waals surface area contributed by atoms with Gasteiger partial charge in [-0.25, -0.2) is 27.2 Å². The van der Waals surface area contributed by atoms with Gasteiger partial charge < -0.3 is 14.7 Å². The number of benzene rings is 1. The van der Waals surface area contributed by atoms with E-state index >= 15 is 0 Å². The quantitative estimate of drug-likeness (QED) is 0.318. The number of likely N-dealkylation sites (tertiary alicyclic amines) is 1. The highest BCUT2D eigenvalue weighted by atomic mass is 32.2. The fraction of sp³-hybridized carbons (Fsp3) is 0.481. The lowest BCUT2D eigenvalue weighted by molar-refractivity contribution is -0.135. The van der Waals surface area contributed by atoms with Gasteiger partial charge in [-0.15, -0.1) is 10.2 Å². The Morgan fingerprint density at radius 3 is 2.57 bits per heavy atom. The summed E-state index contributed by atoms with van der Waals surface area (Å²) in [6.07, 6.45) is 0.232. The molecule has 230 valence electrons. The molecule has 17 heteroatoms. The highest BCUT2D eigenvalue weighted by Gasteiger charge is 2.47. The summed E-state index contributed by atoms with van der Waals surface area (Å²) in [7, 11) is -2.07. The molecule has 1 aromatic carbocycles. The summed E-state index contributed by atoms with van der Waals surface area (Å²) in [6, 6.07) is 6.53. The Kier molecular flexibility index (Phi) is 6.99. The number of sulfonamides is 1. The molecule has 1 unspecified atom stereocenters. The van der Waals surface area contributed by atoms with Gasteiger partial charge in [-0.1, -0.05) is 17.4 Å². The maximum atomic E-state index is 13.5. The number of amides is 1. The monoisotopic (exact) mass is 642 g/mol. The molecule has 0 bridgehead atoms. The van der Waals surface area contributed by atoms with Gasteiger partial charge in [0, 0.05) is 38.1 Å². The number of halogens is 2. The Morgan fingerprint density at radius 1 is 1.16 bits per heavy atom. The zero-order chi connectivity index (χ0) is 30.8. The highest BCUT2D eigenvalue weighted by molar-refractivity contribution is 7.89. The minimum Gasteiger partial charge on any atom is -0.352 e. The fourth-order valence-electron chi connectivity index (χ4n) is 6.02. The number of carbonyl (C=O) groups excluding carboxylic acids is 1. The van der Waals surface area contributed by atoms with E-state index in [0.717, 1.165) is 19.5 Å². The van der Waals surface area contributed by atoms with Crippen molar-refractivity contribution in [3.63, 3.8) is 0 Å². The molecule has 4 aromatic rings. The lowest BCUT2D eigenvalue weighted by atomic mass is 10.1. The van der Waals surface area contributed by atoms with E-state index in [1.165, 1.54) is 23.0 Å². The summed E-state index contributed by atoms with van der Waals surface area (Å²) in [5, 5.41) is 17.9. The Labute approximate surface area is 255 Å². The molecule has 1 aliphatic carbocycles. The Balaban J connectivity index is 1.29.